The van der Waals surface area contributed by atoms with Crippen LogP contribution in [-0.4, -0.2) is 44.2 Å². The number of hydrogen-bond donors (Lipinski definition) is 1. The zero-order valence-electron chi connectivity index (χ0n) is 12.0. The zero-order chi connectivity index (χ0) is 14.6. The summed E-state index contributed by atoms with van der Waals surface area (Å²) < 4.78 is 5.11. The van der Waals surface area contributed by atoms with Gasteiger partial charge >= 0.3 is 5.97 Å². The van der Waals surface area contributed by atoms with E-state index in [-0.39, 0.29) is 5.97 Å². The van der Waals surface area contributed by atoms with Gasteiger partial charge in [-0.1, -0.05) is 30.7 Å². The van der Waals surface area contributed by atoms with E-state index in [0.29, 0.717) is 11.4 Å². The van der Waals surface area contributed by atoms with Crippen molar-refractivity contribution in [2.75, 3.05) is 33.3 Å². The van der Waals surface area contributed by atoms with E-state index >= 15 is 0 Å². The third-order valence-corrected chi connectivity index (χ3v) is 4.27. The Bertz CT molecular complexity index is 457. The Morgan fingerprint density at radius 2 is 1.95 bits per heavy atom. The molecule has 1 atom stereocenters. The topological polar surface area (TPSA) is 41.6 Å². The lowest BCUT2D eigenvalue weighted by molar-refractivity contribution is -0.157. The molecule has 1 N–H and O–H groups in total. The molecule has 0 bridgehead atoms. The maximum absolute atomic E-state index is 12.5. The maximum Gasteiger partial charge on any atom is 0.330 e. The normalized spacial score (nSPS) is 19.4. The van der Waals surface area contributed by atoms with Crippen molar-refractivity contribution >= 4 is 17.6 Å². The van der Waals surface area contributed by atoms with E-state index in [2.05, 4.69) is 10.2 Å². The number of ether oxygens (including phenoxy) is 1. The second-order valence-electron chi connectivity index (χ2n) is 4.95. The summed E-state index contributed by atoms with van der Waals surface area (Å²) in [5.41, 5.74) is 0.222. The van der Waals surface area contributed by atoms with Crippen molar-refractivity contribution in [3.63, 3.8) is 0 Å². The van der Waals surface area contributed by atoms with Crippen LogP contribution in [-0.2, 0) is 15.1 Å². The quantitative estimate of drug-likeness (QED) is 0.863. The van der Waals surface area contributed by atoms with Crippen LogP contribution in [0.15, 0.2) is 24.3 Å². The van der Waals surface area contributed by atoms with Crippen molar-refractivity contribution in [1.29, 1.82) is 0 Å². The standard InChI is InChI=1S/C15H21ClN2O2/c1-3-15(14(19)20-2,18-10-8-17-9-11-18)12-4-6-13(16)7-5-12/h4-7,17H,3,8-11H2,1-2H3. The van der Waals surface area contributed by atoms with Crippen LogP contribution >= 0.6 is 11.6 Å². The number of nitrogens with one attached hydrogen (secondary N) is 1. The first kappa shape index (κ1) is 15.3. The molecule has 1 unspecified atom stereocenters. The van der Waals surface area contributed by atoms with Crippen LogP contribution in [0.4, 0.5) is 0 Å². The first-order valence-electron chi connectivity index (χ1n) is 6.95. The van der Waals surface area contributed by atoms with Crippen molar-refractivity contribution in [2.24, 2.45) is 0 Å². The van der Waals surface area contributed by atoms with Gasteiger partial charge in [0, 0.05) is 31.2 Å². The van der Waals surface area contributed by atoms with Crippen LogP contribution in [0.3, 0.4) is 0 Å². The molecule has 1 heterocycles. The van der Waals surface area contributed by atoms with Gasteiger partial charge in [0.15, 0.2) is 0 Å². The monoisotopic (exact) mass is 296 g/mol. The number of hydrogen-bond acceptors (Lipinski definition) is 4. The van der Waals surface area contributed by atoms with Crippen LogP contribution in [0.25, 0.3) is 0 Å². The lowest BCUT2D eigenvalue weighted by atomic mass is 9.84. The number of piperazine rings is 1. The van der Waals surface area contributed by atoms with Crippen molar-refractivity contribution in [3.8, 4) is 0 Å². The molecule has 1 aromatic rings. The Balaban J connectivity index is 2.46. The fourth-order valence-electron chi connectivity index (χ4n) is 2.94. The van der Waals surface area contributed by atoms with Gasteiger partial charge in [0.05, 0.1) is 7.11 Å². The van der Waals surface area contributed by atoms with E-state index in [0.717, 1.165) is 31.7 Å². The van der Waals surface area contributed by atoms with Crippen molar-refractivity contribution in [2.45, 2.75) is 18.9 Å². The average Bonchev–Trinajstić information content (AvgIpc) is 2.51. The third kappa shape index (κ3) is 2.68. The summed E-state index contributed by atoms with van der Waals surface area (Å²) in [6, 6.07) is 7.49. The molecule has 110 valence electrons. The average molecular weight is 297 g/mol. The molecule has 5 heteroatoms. The number of carbonyl (C=O) groups is 1. The molecule has 0 amide bonds. The molecule has 2 rings (SSSR count). The third-order valence-electron chi connectivity index (χ3n) is 4.01. The van der Waals surface area contributed by atoms with E-state index in [4.69, 9.17) is 16.3 Å². The van der Waals surface area contributed by atoms with Crippen LogP contribution < -0.4 is 5.32 Å². The number of esters is 1. The van der Waals surface area contributed by atoms with Crippen LogP contribution in [0, 0.1) is 0 Å². The second kappa shape index (κ2) is 6.57. The first-order valence-corrected chi connectivity index (χ1v) is 7.33. The minimum absolute atomic E-state index is 0.204. The van der Waals surface area contributed by atoms with Gasteiger partial charge in [-0.15, -0.1) is 0 Å². The molecule has 1 aromatic carbocycles. The summed E-state index contributed by atoms with van der Waals surface area (Å²) in [5.74, 6) is -0.204. The van der Waals surface area contributed by atoms with Gasteiger partial charge in [0.25, 0.3) is 0 Å². The summed E-state index contributed by atoms with van der Waals surface area (Å²) in [7, 11) is 1.45. The van der Waals surface area contributed by atoms with Crippen LogP contribution in [0.2, 0.25) is 5.02 Å². The largest absolute Gasteiger partial charge is 0.467 e. The molecule has 0 aliphatic carbocycles. The molecule has 20 heavy (non-hydrogen) atoms. The fourth-order valence-corrected chi connectivity index (χ4v) is 3.07. The molecule has 0 radical (unpaired) electrons. The van der Waals surface area contributed by atoms with Crippen molar-refractivity contribution < 1.29 is 9.53 Å². The molecule has 0 aromatic heterocycles. The number of benzene rings is 1. The van der Waals surface area contributed by atoms with E-state index in [1.807, 2.05) is 31.2 Å². The molecule has 1 saturated heterocycles. The number of nitrogens with zero attached hydrogens (tertiary/aromatic N) is 1. The molecule has 0 saturated carbocycles. The lowest BCUT2D eigenvalue weighted by Gasteiger charge is -2.43. The number of rotatable bonds is 4. The summed E-state index contributed by atoms with van der Waals surface area (Å²) in [5, 5.41) is 3.98. The molecule has 0 spiro atoms. The van der Waals surface area contributed by atoms with Gasteiger partial charge in [0.1, 0.15) is 5.54 Å². The van der Waals surface area contributed by atoms with Gasteiger partial charge in [-0.05, 0) is 24.1 Å². The Hall–Kier alpha value is -1.10. The van der Waals surface area contributed by atoms with E-state index in [1.54, 1.807) is 0 Å². The summed E-state index contributed by atoms with van der Waals surface area (Å²) >= 11 is 5.96. The summed E-state index contributed by atoms with van der Waals surface area (Å²) in [6.45, 7) is 5.43. The van der Waals surface area contributed by atoms with Crippen LogP contribution in [0.1, 0.15) is 18.9 Å². The van der Waals surface area contributed by atoms with E-state index in [9.17, 15) is 4.79 Å². The zero-order valence-corrected chi connectivity index (χ0v) is 12.7. The molecular formula is C15H21ClN2O2. The highest BCUT2D eigenvalue weighted by molar-refractivity contribution is 6.30. The lowest BCUT2D eigenvalue weighted by Crippen LogP contribution is -2.58. The SMILES string of the molecule is CCC(C(=O)OC)(c1ccc(Cl)cc1)N1CCNCC1. The number of methoxy groups -OCH3 is 1. The van der Waals surface area contributed by atoms with Crippen LogP contribution in [0.5, 0.6) is 0 Å². The van der Waals surface area contributed by atoms with Gasteiger partial charge in [0.2, 0.25) is 0 Å². The van der Waals surface area contributed by atoms with Gasteiger partial charge in [-0.3, -0.25) is 4.90 Å². The summed E-state index contributed by atoms with van der Waals surface area (Å²) in [6.07, 6.45) is 0.668. The summed E-state index contributed by atoms with van der Waals surface area (Å²) in [4.78, 5) is 14.7. The van der Waals surface area contributed by atoms with Gasteiger partial charge in [-0.2, -0.15) is 0 Å². The smallest absolute Gasteiger partial charge is 0.330 e. The highest BCUT2D eigenvalue weighted by Crippen LogP contribution is 2.34. The first-order chi connectivity index (χ1) is 9.65. The Morgan fingerprint density at radius 3 is 2.45 bits per heavy atom. The molecule has 1 aliphatic rings. The Morgan fingerprint density at radius 1 is 1.35 bits per heavy atom. The van der Waals surface area contributed by atoms with Gasteiger partial charge < -0.3 is 10.1 Å². The molecule has 4 nitrogen and oxygen atoms in total. The minimum Gasteiger partial charge on any atom is -0.467 e. The molecular weight excluding hydrogens is 276 g/mol. The highest BCUT2D eigenvalue weighted by atomic mass is 35.5. The highest BCUT2D eigenvalue weighted by Gasteiger charge is 2.45. The molecule has 1 aliphatic heterocycles. The number of carbonyl (C=O) groups excluding carboxylic acids is 1. The molecule has 1 fully saturated rings. The van der Waals surface area contributed by atoms with Gasteiger partial charge in [-0.25, -0.2) is 4.79 Å². The van der Waals surface area contributed by atoms with Crippen molar-refractivity contribution in [1.82, 2.24) is 10.2 Å². The van der Waals surface area contributed by atoms with E-state index < -0.39 is 5.54 Å². The Kier molecular flexibility index (Phi) is 5.02. The predicted octanol–water partition coefficient (Wildman–Crippen LogP) is 2.02. The van der Waals surface area contributed by atoms with E-state index in [1.165, 1.54) is 7.11 Å². The maximum atomic E-state index is 12.5. The minimum atomic E-state index is -0.721. The Labute approximate surface area is 125 Å². The predicted molar refractivity (Wildman–Crippen MR) is 79.9 cm³/mol. The van der Waals surface area contributed by atoms with Crippen molar-refractivity contribution in [3.05, 3.63) is 34.9 Å². The number of halogens is 1. The second-order valence-corrected chi connectivity index (χ2v) is 5.39. The fraction of sp³-hybridized carbons (Fsp3) is 0.533.